The molecule has 1 aromatic carbocycles. The fourth-order valence-electron chi connectivity index (χ4n) is 2.22. The minimum atomic E-state index is -0.500. The lowest BCUT2D eigenvalue weighted by molar-refractivity contribution is -0.384. The molecule has 0 spiro atoms. The summed E-state index contributed by atoms with van der Waals surface area (Å²) in [6.45, 7) is 4.80. The molecule has 0 N–H and O–H groups in total. The average molecular weight is 304 g/mol. The Balaban J connectivity index is 2.70. The molecule has 0 atom stereocenters. The molecule has 1 heterocycles. The van der Waals surface area contributed by atoms with Crippen LogP contribution < -0.4 is 10.3 Å². The van der Waals surface area contributed by atoms with Crippen molar-refractivity contribution < 1.29 is 14.5 Å². The summed E-state index contributed by atoms with van der Waals surface area (Å²) in [4.78, 5) is 33.9. The maximum atomic E-state index is 12.4. The van der Waals surface area contributed by atoms with Gasteiger partial charge in [0.25, 0.3) is 11.2 Å². The van der Waals surface area contributed by atoms with Crippen LogP contribution in [0.1, 0.15) is 26.8 Å². The quantitative estimate of drug-likeness (QED) is 0.625. The number of ether oxygens (including phenoxy) is 1. The molecular formula is C15H16N2O5. The maximum absolute atomic E-state index is 12.4. The zero-order chi connectivity index (χ0) is 16.4. The van der Waals surface area contributed by atoms with Gasteiger partial charge in [0.05, 0.1) is 10.4 Å². The van der Waals surface area contributed by atoms with E-state index in [1.54, 1.807) is 6.07 Å². The summed E-state index contributed by atoms with van der Waals surface area (Å²) in [5, 5.41) is 11.4. The Morgan fingerprint density at radius 3 is 2.59 bits per heavy atom. The molecule has 7 heteroatoms. The van der Waals surface area contributed by atoms with Crippen molar-refractivity contribution in [2.24, 2.45) is 0 Å². The molecule has 0 aliphatic rings. The SMILES string of the molecule is CC(=O)COc1cc2cc([N+](=O)[O-])ccc2n(C(C)C)c1=O. The van der Waals surface area contributed by atoms with Gasteiger partial charge in [0.15, 0.2) is 11.5 Å². The van der Waals surface area contributed by atoms with E-state index in [0.29, 0.717) is 10.9 Å². The van der Waals surface area contributed by atoms with E-state index in [0.717, 1.165) is 0 Å². The molecule has 0 saturated carbocycles. The highest BCUT2D eigenvalue weighted by Gasteiger charge is 2.15. The lowest BCUT2D eigenvalue weighted by atomic mass is 10.1. The van der Waals surface area contributed by atoms with Crippen LogP contribution >= 0.6 is 0 Å². The van der Waals surface area contributed by atoms with E-state index in [4.69, 9.17) is 4.74 Å². The molecule has 0 bridgehead atoms. The van der Waals surface area contributed by atoms with Crippen LogP contribution in [0.5, 0.6) is 5.75 Å². The van der Waals surface area contributed by atoms with Gasteiger partial charge in [-0.05, 0) is 32.9 Å². The van der Waals surface area contributed by atoms with Crippen LogP contribution in [0.25, 0.3) is 10.9 Å². The first-order valence-corrected chi connectivity index (χ1v) is 6.77. The zero-order valence-corrected chi connectivity index (χ0v) is 12.5. The number of fused-ring (bicyclic) bond motifs is 1. The number of nitro benzene ring substituents is 1. The number of pyridine rings is 1. The van der Waals surface area contributed by atoms with Crippen molar-refractivity contribution in [3.8, 4) is 5.75 Å². The number of hydrogen-bond donors (Lipinski definition) is 0. The molecule has 0 aliphatic carbocycles. The lowest BCUT2D eigenvalue weighted by Gasteiger charge is -2.16. The van der Waals surface area contributed by atoms with Crippen molar-refractivity contribution in [3.05, 3.63) is 44.7 Å². The van der Waals surface area contributed by atoms with E-state index in [9.17, 15) is 19.7 Å². The van der Waals surface area contributed by atoms with E-state index in [1.807, 2.05) is 13.8 Å². The van der Waals surface area contributed by atoms with Crippen LogP contribution in [-0.4, -0.2) is 21.9 Å². The molecule has 0 unspecified atom stereocenters. The summed E-state index contributed by atoms with van der Waals surface area (Å²) < 4.78 is 6.74. The van der Waals surface area contributed by atoms with Crippen LogP contribution in [0.2, 0.25) is 0 Å². The third-order valence-corrected chi connectivity index (χ3v) is 3.14. The molecule has 0 aliphatic heterocycles. The Bertz CT molecular complexity index is 807. The average Bonchev–Trinajstić information content (AvgIpc) is 2.43. The van der Waals surface area contributed by atoms with Gasteiger partial charge in [-0.2, -0.15) is 0 Å². The first-order chi connectivity index (χ1) is 10.3. The highest BCUT2D eigenvalue weighted by atomic mass is 16.6. The van der Waals surface area contributed by atoms with Gasteiger partial charge in [0, 0.05) is 23.6 Å². The van der Waals surface area contributed by atoms with E-state index < -0.39 is 4.92 Å². The molecular weight excluding hydrogens is 288 g/mol. The first-order valence-electron chi connectivity index (χ1n) is 6.77. The van der Waals surface area contributed by atoms with Crippen LogP contribution in [-0.2, 0) is 4.79 Å². The van der Waals surface area contributed by atoms with Gasteiger partial charge in [-0.25, -0.2) is 0 Å². The largest absolute Gasteiger partial charge is 0.480 e. The lowest BCUT2D eigenvalue weighted by Crippen LogP contribution is -2.25. The van der Waals surface area contributed by atoms with Crippen molar-refractivity contribution >= 4 is 22.4 Å². The zero-order valence-electron chi connectivity index (χ0n) is 12.5. The number of non-ortho nitro benzene ring substituents is 1. The number of hydrogen-bond acceptors (Lipinski definition) is 5. The summed E-state index contributed by atoms with van der Waals surface area (Å²) >= 11 is 0. The van der Waals surface area contributed by atoms with Crippen molar-refractivity contribution in [1.82, 2.24) is 4.57 Å². The molecule has 0 amide bonds. The Labute approximate surface area is 126 Å². The normalized spacial score (nSPS) is 10.9. The topological polar surface area (TPSA) is 91.4 Å². The number of Topliss-reactive ketones (excluding diaryl/α,β-unsaturated/α-hetero) is 1. The fraction of sp³-hybridized carbons (Fsp3) is 0.333. The van der Waals surface area contributed by atoms with E-state index in [-0.39, 0.29) is 35.4 Å². The number of carbonyl (C=O) groups is 1. The van der Waals surface area contributed by atoms with Crippen molar-refractivity contribution in [2.75, 3.05) is 6.61 Å². The van der Waals surface area contributed by atoms with E-state index in [2.05, 4.69) is 0 Å². The molecule has 1 aromatic heterocycles. The third kappa shape index (κ3) is 2.98. The summed E-state index contributed by atoms with van der Waals surface area (Å²) in [5.74, 6) is -0.202. The number of aromatic nitrogens is 1. The van der Waals surface area contributed by atoms with Crippen molar-refractivity contribution in [2.45, 2.75) is 26.8 Å². The first kappa shape index (κ1) is 15.7. The molecule has 22 heavy (non-hydrogen) atoms. The summed E-state index contributed by atoms with van der Waals surface area (Å²) in [5.41, 5.74) is 0.150. The van der Waals surface area contributed by atoms with Crippen molar-refractivity contribution in [1.29, 1.82) is 0 Å². The number of rotatable bonds is 5. The highest BCUT2D eigenvalue weighted by molar-refractivity contribution is 5.83. The van der Waals surface area contributed by atoms with E-state index >= 15 is 0 Å². The Kier molecular flexibility index (Phi) is 4.25. The molecule has 0 fully saturated rings. The Morgan fingerprint density at radius 2 is 2.05 bits per heavy atom. The smallest absolute Gasteiger partial charge is 0.293 e. The van der Waals surface area contributed by atoms with Gasteiger partial charge in [0.1, 0.15) is 6.61 Å². The Hall–Kier alpha value is -2.70. The van der Waals surface area contributed by atoms with E-state index in [1.165, 1.54) is 29.7 Å². The summed E-state index contributed by atoms with van der Waals surface area (Å²) in [6, 6.07) is 5.57. The predicted octanol–water partition coefficient (Wildman–Crippen LogP) is 2.46. The monoisotopic (exact) mass is 304 g/mol. The van der Waals surface area contributed by atoms with Crippen LogP contribution in [0.4, 0.5) is 5.69 Å². The van der Waals surface area contributed by atoms with Crippen LogP contribution in [0.15, 0.2) is 29.1 Å². The standard InChI is InChI=1S/C15H16N2O5/c1-9(2)16-13-5-4-12(17(20)21)6-11(13)7-14(15(16)19)22-8-10(3)18/h4-7,9H,8H2,1-3H3. The van der Waals surface area contributed by atoms with Gasteiger partial charge < -0.3 is 9.30 Å². The fourth-order valence-corrected chi connectivity index (χ4v) is 2.22. The molecule has 7 nitrogen and oxygen atoms in total. The van der Waals surface area contributed by atoms with Gasteiger partial charge in [-0.15, -0.1) is 0 Å². The molecule has 0 saturated heterocycles. The Morgan fingerprint density at radius 1 is 1.36 bits per heavy atom. The number of carbonyl (C=O) groups excluding carboxylic acids is 1. The third-order valence-electron chi connectivity index (χ3n) is 3.14. The summed E-state index contributed by atoms with van der Waals surface area (Å²) in [6.07, 6.45) is 0. The minimum Gasteiger partial charge on any atom is -0.480 e. The van der Waals surface area contributed by atoms with Crippen LogP contribution in [0.3, 0.4) is 0 Å². The minimum absolute atomic E-state index is 0.0110. The van der Waals surface area contributed by atoms with Gasteiger partial charge in [-0.3, -0.25) is 19.7 Å². The second-order valence-corrected chi connectivity index (χ2v) is 5.27. The molecule has 2 aromatic rings. The number of benzene rings is 1. The molecule has 116 valence electrons. The second kappa shape index (κ2) is 5.97. The van der Waals surface area contributed by atoms with Gasteiger partial charge >= 0.3 is 0 Å². The highest BCUT2D eigenvalue weighted by Crippen LogP contribution is 2.24. The molecule has 2 rings (SSSR count). The number of nitrogens with zero attached hydrogens (tertiary/aromatic N) is 2. The van der Waals surface area contributed by atoms with Gasteiger partial charge in [0.2, 0.25) is 0 Å². The number of nitro groups is 1. The maximum Gasteiger partial charge on any atom is 0.293 e. The molecule has 0 radical (unpaired) electrons. The second-order valence-electron chi connectivity index (χ2n) is 5.27. The van der Waals surface area contributed by atoms with Crippen molar-refractivity contribution in [3.63, 3.8) is 0 Å². The van der Waals surface area contributed by atoms with Crippen LogP contribution in [0, 0.1) is 10.1 Å². The van der Waals surface area contributed by atoms with Gasteiger partial charge in [-0.1, -0.05) is 0 Å². The number of ketones is 1. The summed E-state index contributed by atoms with van der Waals surface area (Å²) in [7, 11) is 0. The predicted molar refractivity (Wildman–Crippen MR) is 81.4 cm³/mol.